The largest absolute Gasteiger partial charge is 0.481 e. The van der Waals surface area contributed by atoms with Gasteiger partial charge < -0.3 is 25.6 Å². The summed E-state index contributed by atoms with van der Waals surface area (Å²) in [6.45, 7) is 10.6. The summed E-state index contributed by atoms with van der Waals surface area (Å²) in [7, 11) is 0. The summed E-state index contributed by atoms with van der Waals surface area (Å²) < 4.78 is 5.29. The van der Waals surface area contributed by atoms with E-state index in [9.17, 15) is 24.6 Å². The molecule has 0 bridgehead atoms. The maximum absolute atomic E-state index is 12.2. The van der Waals surface area contributed by atoms with Gasteiger partial charge in [0.1, 0.15) is 5.60 Å². The second kappa shape index (κ2) is 9.39. The SMILES string of the molecule is CCC(CC)[C@H](NC(C)=O)[C@@H]1C(O)C(C(=O)O)C[C@H]1NC(=O)OC(C)(C)C. The number of carboxylic acids is 1. The fourth-order valence-electron chi connectivity index (χ4n) is 3.96. The van der Waals surface area contributed by atoms with Crippen LogP contribution in [0, 0.1) is 17.8 Å². The molecule has 0 aliphatic heterocycles. The number of carbonyl (C=O) groups excluding carboxylic acids is 2. The van der Waals surface area contributed by atoms with Gasteiger partial charge in [-0.3, -0.25) is 9.59 Å². The zero-order valence-electron chi connectivity index (χ0n) is 17.1. The molecule has 1 aliphatic rings. The van der Waals surface area contributed by atoms with Crippen LogP contribution in [0.1, 0.15) is 60.8 Å². The van der Waals surface area contributed by atoms with Gasteiger partial charge in [0.15, 0.2) is 0 Å². The number of nitrogens with one attached hydrogen (secondary N) is 2. The average molecular weight is 386 g/mol. The molecule has 27 heavy (non-hydrogen) atoms. The van der Waals surface area contributed by atoms with E-state index in [0.717, 1.165) is 12.8 Å². The molecular weight excluding hydrogens is 352 g/mol. The van der Waals surface area contributed by atoms with Crippen LogP contribution in [0.2, 0.25) is 0 Å². The second-order valence-electron chi connectivity index (χ2n) is 8.30. The van der Waals surface area contributed by atoms with E-state index >= 15 is 0 Å². The molecular formula is C19H34N2O6. The van der Waals surface area contributed by atoms with Crippen LogP contribution in [0.15, 0.2) is 0 Å². The first-order chi connectivity index (χ1) is 12.4. The van der Waals surface area contributed by atoms with Gasteiger partial charge in [0.05, 0.1) is 12.0 Å². The lowest BCUT2D eigenvalue weighted by Crippen LogP contribution is -2.54. The molecule has 1 fully saturated rings. The minimum Gasteiger partial charge on any atom is -0.481 e. The Bertz CT molecular complexity index is 541. The van der Waals surface area contributed by atoms with E-state index in [1.165, 1.54) is 6.92 Å². The molecule has 2 amide bonds. The van der Waals surface area contributed by atoms with Crippen molar-refractivity contribution in [2.75, 3.05) is 0 Å². The van der Waals surface area contributed by atoms with Crippen LogP contribution >= 0.6 is 0 Å². The van der Waals surface area contributed by atoms with E-state index in [2.05, 4.69) is 10.6 Å². The lowest BCUT2D eigenvalue weighted by molar-refractivity contribution is -0.145. The maximum Gasteiger partial charge on any atom is 0.407 e. The molecule has 156 valence electrons. The number of amides is 2. The molecule has 2 unspecified atom stereocenters. The monoisotopic (exact) mass is 386 g/mol. The third-order valence-electron chi connectivity index (χ3n) is 5.14. The van der Waals surface area contributed by atoms with Crippen molar-refractivity contribution in [3.05, 3.63) is 0 Å². The van der Waals surface area contributed by atoms with E-state index in [1.54, 1.807) is 20.8 Å². The maximum atomic E-state index is 12.2. The molecule has 0 spiro atoms. The van der Waals surface area contributed by atoms with E-state index in [4.69, 9.17) is 4.74 Å². The number of hydrogen-bond acceptors (Lipinski definition) is 5. The number of hydrogen-bond donors (Lipinski definition) is 4. The third kappa shape index (κ3) is 6.37. The van der Waals surface area contributed by atoms with Crippen molar-refractivity contribution >= 4 is 18.0 Å². The molecule has 1 aliphatic carbocycles. The van der Waals surface area contributed by atoms with Crippen molar-refractivity contribution in [3.63, 3.8) is 0 Å². The second-order valence-corrected chi connectivity index (χ2v) is 8.30. The van der Waals surface area contributed by atoms with Gasteiger partial charge in [-0.2, -0.15) is 0 Å². The minimum absolute atomic E-state index is 0.0454. The number of aliphatic hydroxyl groups is 1. The normalized spacial score (nSPS) is 26.5. The quantitative estimate of drug-likeness (QED) is 0.530. The van der Waals surface area contributed by atoms with Crippen molar-refractivity contribution in [1.29, 1.82) is 0 Å². The Hall–Kier alpha value is -1.83. The van der Waals surface area contributed by atoms with Gasteiger partial charge >= 0.3 is 12.1 Å². The Labute approximate surface area is 161 Å². The summed E-state index contributed by atoms with van der Waals surface area (Å²) in [6.07, 6.45) is -0.263. The topological polar surface area (TPSA) is 125 Å². The predicted molar refractivity (Wildman–Crippen MR) is 100 cm³/mol. The van der Waals surface area contributed by atoms with Gasteiger partial charge in [0, 0.05) is 24.9 Å². The molecule has 0 aromatic rings. The fourth-order valence-corrected chi connectivity index (χ4v) is 3.96. The lowest BCUT2D eigenvalue weighted by atomic mass is 9.80. The van der Waals surface area contributed by atoms with Gasteiger partial charge in [-0.15, -0.1) is 0 Å². The highest BCUT2D eigenvalue weighted by Crippen LogP contribution is 2.38. The molecule has 5 atom stereocenters. The Morgan fingerprint density at radius 2 is 1.74 bits per heavy atom. The average Bonchev–Trinajstić information content (AvgIpc) is 2.81. The summed E-state index contributed by atoms with van der Waals surface area (Å²) >= 11 is 0. The van der Waals surface area contributed by atoms with Crippen molar-refractivity contribution in [2.45, 2.75) is 84.6 Å². The van der Waals surface area contributed by atoms with Gasteiger partial charge in [-0.05, 0) is 33.1 Å². The molecule has 0 saturated heterocycles. The van der Waals surface area contributed by atoms with E-state index in [-0.39, 0.29) is 18.2 Å². The molecule has 8 nitrogen and oxygen atoms in total. The highest BCUT2D eigenvalue weighted by molar-refractivity contribution is 5.74. The molecule has 0 heterocycles. The Morgan fingerprint density at radius 1 is 1.19 bits per heavy atom. The van der Waals surface area contributed by atoms with Crippen molar-refractivity contribution < 1.29 is 29.3 Å². The Balaban J connectivity index is 3.17. The van der Waals surface area contributed by atoms with Gasteiger partial charge in [0.2, 0.25) is 5.91 Å². The molecule has 0 radical (unpaired) electrons. The van der Waals surface area contributed by atoms with Crippen LogP contribution < -0.4 is 10.6 Å². The molecule has 8 heteroatoms. The third-order valence-corrected chi connectivity index (χ3v) is 5.14. The first kappa shape index (κ1) is 23.2. The molecule has 4 N–H and O–H groups in total. The van der Waals surface area contributed by atoms with Crippen molar-refractivity contribution in [2.24, 2.45) is 17.8 Å². The summed E-state index contributed by atoms with van der Waals surface area (Å²) in [6, 6.07) is -1.06. The number of rotatable bonds is 7. The smallest absolute Gasteiger partial charge is 0.407 e. The summed E-state index contributed by atoms with van der Waals surface area (Å²) in [5, 5.41) is 25.8. The number of alkyl carbamates (subject to hydrolysis) is 1. The van der Waals surface area contributed by atoms with Crippen LogP contribution in [0.25, 0.3) is 0 Å². The molecule has 0 aromatic carbocycles. The summed E-state index contributed by atoms with van der Waals surface area (Å²) in [5.74, 6) is -2.96. The molecule has 0 aromatic heterocycles. The zero-order chi connectivity index (χ0) is 20.9. The van der Waals surface area contributed by atoms with E-state index < -0.39 is 47.7 Å². The van der Waals surface area contributed by atoms with Crippen molar-refractivity contribution in [3.8, 4) is 0 Å². The lowest BCUT2D eigenvalue weighted by Gasteiger charge is -2.36. The van der Waals surface area contributed by atoms with Crippen LogP contribution in [0.3, 0.4) is 0 Å². The highest BCUT2D eigenvalue weighted by atomic mass is 16.6. The Kier molecular flexibility index (Phi) is 8.07. The van der Waals surface area contributed by atoms with E-state index in [1.807, 2.05) is 13.8 Å². The van der Waals surface area contributed by atoms with Crippen LogP contribution in [0.5, 0.6) is 0 Å². The van der Waals surface area contributed by atoms with Gasteiger partial charge in [0.25, 0.3) is 0 Å². The fraction of sp³-hybridized carbons (Fsp3) is 0.842. The number of ether oxygens (including phenoxy) is 1. The number of aliphatic hydroxyl groups excluding tert-OH is 1. The summed E-state index contributed by atoms with van der Waals surface area (Å²) in [4.78, 5) is 35.6. The Morgan fingerprint density at radius 3 is 2.15 bits per heavy atom. The first-order valence-electron chi connectivity index (χ1n) is 9.58. The van der Waals surface area contributed by atoms with Crippen LogP contribution in [-0.4, -0.2) is 52.0 Å². The van der Waals surface area contributed by atoms with Gasteiger partial charge in [-0.25, -0.2) is 4.79 Å². The van der Waals surface area contributed by atoms with Crippen molar-refractivity contribution in [1.82, 2.24) is 10.6 Å². The van der Waals surface area contributed by atoms with Crippen LogP contribution in [0.4, 0.5) is 4.79 Å². The minimum atomic E-state index is -1.18. The van der Waals surface area contributed by atoms with E-state index in [0.29, 0.717) is 0 Å². The number of aliphatic carboxylic acids is 1. The first-order valence-corrected chi connectivity index (χ1v) is 9.58. The highest BCUT2D eigenvalue weighted by Gasteiger charge is 2.51. The number of carbonyl (C=O) groups is 3. The molecule has 1 rings (SSSR count). The standard InChI is InChI=1S/C19H34N2O6/c1-7-11(8-2)15(20-10(3)22)14-13(9-12(16(14)23)17(24)25)21-18(26)27-19(4,5)6/h11-16,23H,7-9H2,1-6H3,(H,20,22)(H,21,26)(H,24,25)/t12?,13-,14-,15+,16?/m1/s1. The summed E-state index contributed by atoms with van der Waals surface area (Å²) in [5.41, 5.74) is -0.699. The van der Waals surface area contributed by atoms with Crippen LogP contribution in [-0.2, 0) is 14.3 Å². The predicted octanol–water partition coefficient (Wildman–Crippen LogP) is 1.90. The zero-order valence-corrected chi connectivity index (χ0v) is 17.1. The number of carboxylic acid groups (broad SMARTS) is 1. The molecule has 1 saturated carbocycles. The van der Waals surface area contributed by atoms with Gasteiger partial charge in [-0.1, -0.05) is 26.7 Å².